The lowest BCUT2D eigenvalue weighted by Crippen LogP contribution is -2.32. The molecule has 98 valence electrons. The van der Waals surface area contributed by atoms with Crippen LogP contribution in [0.2, 0.25) is 0 Å². The lowest BCUT2D eigenvalue weighted by atomic mass is 10.3. The quantitative estimate of drug-likeness (QED) is 0.850. The Hall–Kier alpha value is -1.58. The van der Waals surface area contributed by atoms with Crippen molar-refractivity contribution < 1.29 is 8.42 Å². The third-order valence-corrected chi connectivity index (χ3v) is 4.63. The van der Waals surface area contributed by atoms with Crippen LogP contribution in [0, 0.1) is 11.3 Å². The van der Waals surface area contributed by atoms with Crippen molar-refractivity contribution in [2.45, 2.75) is 18.2 Å². The van der Waals surface area contributed by atoms with Crippen molar-refractivity contribution in [3.05, 3.63) is 24.3 Å². The number of anilines is 1. The van der Waals surface area contributed by atoms with Crippen molar-refractivity contribution in [3.8, 4) is 6.07 Å². The van der Waals surface area contributed by atoms with Gasteiger partial charge in [0.05, 0.1) is 11.8 Å². The van der Waals surface area contributed by atoms with Crippen molar-refractivity contribution >= 4 is 15.7 Å². The van der Waals surface area contributed by atoms with Gasteiger partial charge >= 0.3 is 0 Å². The fraction of sp³-hybridized carbons (Fsp3) is 0.417. The van der Waals surface area contributed by atoms with E-state index in [-0.39, 0.29) is 17.9 Å². The van der Waals surface area contributed by atoms with E-state index in [2.05, 4.69) is 5.32 Å². The molecule has 0 aromatic heterocycles. The summed E-state index contributed by atoms with van der Waals surface area (Å²) in [6, 6.07) is 8.70. The number of hydrogen-bond donors (Lipinski definition) is 1. The highest BCUT2D eigenvalue weighted by molar-refractivity contribution is 7.89. The minimum atomic E-state index is -3.55. The molecule has 0 aliphatic carbocycles. The molecule has 0 amide bonds. The molecular formula is C12H17N3O2S. The summed E-state index contributed by atoms with van der Waals surface area (Å²) in [4.78, 5) is 0.243. The summed E-state index contributed by atoms with van der Waals surface area (Å²) < 4.78 is 26.2. The Kier molecular flexibility index (Phi) is 5.13. The van der Waals surface area contributed by atoms with Crippen LogP contribution in [0.4, 0.5) is 5.69 Å². The van der Waals surface area contributed by atoms with Crippen LogP contribution in [0.3, 0.4) is 0 Å². The van der Waals surface area contributed by atoms with Gasteiger partial charge in [-0.3, -0.25) is 0 Å². The van der Waals surface area contributed by atoms with Crippen LogP contribution in [-0.4, -0.2) is 32.9 Å². The first-order chi connectivity index (χ1) is 8.57. The molecule has 5 nitrogen and oxygen atoms in total. The molecule has 0 aliphatic heterocycles. The summed E-state index contributed by atoms with van der Waals surface area (Å²) >= 11 is 0. The Balaban J connectivity index is 3.15. The minimum Gasteiger partial charge on any atom is -0.387 e. The molecule has 0 radical (unpaired) electrons. The van der Waals surface area contributed by atoms with Crippen molar-refractivity contribution in [1.29, 1.82) is 5.26 Å². The maximum Gasteiger partial charge on any atom is 0.245 e. The number of nitriles is 1. The first-order valence-corrected chi connectivity index (χ1v) is 7.15. The second-order valence-electron chi connectivity index (χ2n) is 3.65. The third-order valence-electron chi connectivity index (χ3n) is 2.60. The number of para-hydroxylation sites is 1. The predicted molar refractivity (Wildman–Crippen MR) is 70.7 cm³/mol. The molecule has 6 heteroatoms. The molecule has 0 spiro atoms. The van der Waals surface area contributed by atoms with E-state index in [0.717, 1.165) is 0 Å². The van der Waals surface area contributed by atoms with Gasteiger partial charge < -0.3 is 5.32 Å². The van der Waals surface area contributed by atoms with E-state index in [0.29, 0.717) is 12.2 Å². The number of nitrogens with zero attached hydrogens (tertiary/aromatic N) is 2. The summed E-state index contributed by atoms with van der Waals surface area (Å²) in [7, 11) is -1.87. The molecule has 0 fully saturated rings. The highest BCUT2D eigenvalue weighted by Gasteiger charge is 2.24. The van der Waals surface area contributed by atoms with E-state index in [1.807, 2.05) is 6.07 Å². The normalized spacial score (nSPS) is 11.2. The molecule has 1 aromatic carbocycles. The largest absolute Gasteiger partial charge is 0.387 e. The van der Waals surface area contributed by atoms with E-state index in [9.17, 15) is 8.42 Å². The third kappa shape index (κ3) is 3.00. The number of hydrogen-bond acceptors (Lipinski definition) is 4. The van der Waals surface area contributed by atoms with Crippen LogP contribution in [0.25, 0.3) is 0 Å². The minimum absolute atomic E-state index is 0.189. The van der Waals surface area contributed by atoms with Gasteiger partial charge in [0.15, 0.2) is 0 Å². The van der Waals surface area contributed by atoms with Gasteiger partial charge in [0.2, 0.25) is 10.0 Å². The molecule has 0 saturated carbocycles. The van der Waals surface area contributed by atoms with Gasteiger partial charge in [-0.25, -0.2) is 8.42 Å². The average Bonchev–Trinajstić information content (AvgIpc) is 2.39. The van der Waals surface area contributed by atoms with Crippen LogP contribution in [0.15, 0.2) is 29.2 Å². The molecule has 1 N–H and O–H groups in total. The zero-order chi connectivity index (χ0) is 13.6. The summed E-state index contributed by atoms with van der Waals surface area (Å²) in [5.74, 6) is 0. The van der Waals surface area contributed by atoms with E-state index in [1.54, 1.807) is 38.2 Å². The van der Waals surface area contributed by atoms with Crippen LogP contribution in [0.5, 0.6) is 0 Å². The van der Waals surface area contributed by atoms with Crippen LogP contribution in [-0.2, 0) is 10.0 Å². The Morgan fingerprint density at radius 3 is 2.61 bits per heavy atom. The number of nitrogens with one attached hydrogen (secondary N) is 1. The second-order valence-corrected chi connectivity index (χ2v) is 5.56. The van der Waals surface area contributed by atoms with Gasteiger partial charge in [-0.1, -0.05) is 19.1 Å². The standard InChI is InChI=1S/C12H17N3O2S/c1-3-15(10-6-9-13)18(16,17)12-8-5-4-7-11(12)14-2/h4-5,7-8,14H,3,6,10H2,1-2H3. The predicted octanol–water partition coefficient (Wildman–Crippen LogP) is 1.65. The molecule has 0 atom stereocenters. The van der Waals surface area contributed by atoms with Crippen molar-refractivity contribution in [1.82, 2.24) is 4.31 Å². The Bertz CT molecular complexity index is 534. The van der Waals surface area contributed by atoms with Crippen molar-refractivity contribution in [2.24, 2.45) is 0 Å². The zero-order valence-corrected chi connectivity index (χ0v) is 11.4. The molecule has 0 aliphatic rings. The topological polar surface area (TPSA) is 73.2 Å². The number of sulfonamides is 1. The summed E-state index contributed by atoms with van der Waals surface area (Å²) in [5, 5.41) is 11.4. The van der Waals surface area contributed by atoms with Gasteiger partial charge in [0, 0.05) is 26.6 Å². The van der Waals surface area contributed by atoms with Crippen LogP contribution < -0.4 is 5.32 Å². The smallest absolute Gasteiger partial charge is 0.245 e. The first kappa shape index (κ1) is 14.5. The summed E-state index contributed by atoms with van der Waals surface area (Å²) in [6.45, 7) is 2.33. The molecule has 0 saturated heterocycles. The SMILES string of the molecule is CCN(CCC#N)S(=O)(=O)c1ccccc1NC. The molecule has 0 heterocycles. The lowest BCUT2D eigenvalue weighted by molar-refractivity contribution is 0.435. The van der Waals surface area contributed by atoms with E-state index < -0.39 is 10.0 Å². The van der Waals surface area contributed by atoms with Gasteiger partial charge in [0.1, 0.15) is 4.90 Å². The van der Waals surface area contributed by atoms with Gasteiger partial charge in [-0.15, -0.1) is 0 Å². The van der Waals surface area contributed by atoms with Crippen LogP contribution in [0.1, 0.15) is 13.3 Å². The molecule has 0 unspecified atom stereocenters. The molecule has 1 aromatic rings. The average molecular weight is 267 g/mol. The van der Waals surface area contributed by atoms with Crippen molar-refractivity contribution in [3.63, 3.8) is 0 Å². The monoisotopic (exact) mass is 267 g/mol. The van der Waals surface area contributed by atoms with Crippen molar-refractivity contribution in [2.75, 3.05) is 25.5 Å². The Morgan fingerprint density at radius 1 is 1.39 bits per heavy atom. The van der Waals surface area contributed by atoms with Gasteiger partial charge in [-0.05, 0) is 12.1 Å². The molecule has 18 heavy (non-hydrogen) atoms. The lowest BCUT2D eigenvalue weighted by Gasteiger charge is -2.20. The maximum absolute atomic E-state index is 12.4. The zero-order valence-electron chi connectivity index (χ0n) is 10.5. The van der Waals surface area contributed by atoms with Gasteiger partial charge in [-0.2, -0.15) is 9.57 Å². The molecule has 1 rings (SSSR count). The van der Waals surface area contributed by atoms with E-state index in [4.69, 9.17) is 5.26 Å². The van der Waals surface area contributed by atoms with E-state index >= 15 is 0 Å². The highest BCUT2D eigenvalue weighted by Crippen LogP contribution is 2.23. The summed E-state index contributed by atoms with van der Waals surface area (Å²) in [6.07, 6.45) is 0.189. The Morgan fingerprint density at radius 2 is 2.06 bits per heavy atom. The fourth-order valence-corrected chi connectivity index (χ4v) is 3.31. The highest BCUT2D eigenvalue weighted by atomic mass is 32.2. The maximum atomic E-state index is 12.4. The van der Waals surface area contributed by atoms with Gasteiger partial charge in [0.25, 0.3) is 0 Å². The number of rotatable bonds is 6. The molecule has 0 bridgehead atoms. The summed E-state index contributed by atoms with van der Waals surface area (Å²) in [5.41, 5.74) is 0.563. The molecular weight excluding hydrogens is 250 g/mol. The fourth-order valence-electron chi connectivity index (χ4n) is 1.66. The number of benzene rings is 1. The Labute approximate surface area is 108 Å². The second kappa shape index (κ2) is 6.38. The first-order valence-electron chi connectivity index (χ1n) is 5.71. The van der Waals surface area contributed by atoms with Crippen LogP contribution >= 0.6 is 0 Å². The van der Waals surface area contributed by atoms with E-state index in [1.165, 1.54) is 4.31 Å².